The largest absolute Gasteiger partial charge is 0.301 e. The van der Waals surface area contributed by atoms with Gasteiger partial charge in [0.1, 0.15) is 0 Å². The van der Waals surface area contributed by atoms with Crippen LogP contribution in [-0.4, -0.2) is 53.4 Å². The molecule has 0 unspecified atom stereocenters. The Balaban J connectivity index is 1.26. The predicted molar refractivity (Wildman–Crippen MR) is 134 cm³/mol. The maximum absolute atomic E-state index is 12.5. The lowest BCUT2D eigenvalue weighted by Crippen LogP contribution is -2.48. The van der Waals surface area contributed by atoms with Gasteiger partial charge in [0.25, 0.3) is 0 Å². The summed E-state index contributed by atoms with van der Waals surface area (Å²) >= 11 is 25.7. The number of rotatable bonds is 6. The van der Waals surface area contributed by atoms with Crippen molar-refractivity contribution in [1.82, 2.24) is 14.8 Å². The molecule has 0 spiro atoms. The van der Waals surface area contributed by atoms with Crippen LogP contribution < -0.4 is 5.32 Å². The van der Waals surface area contributed by atoms with Gasteiger partial charge in [-0.3, -0.25) is 14.6 Å². The SMILES string of the molecule is O=C(CN1CCN(Cc2ccc(Cl)c(Cl)c2)CC1)Nc1nc(-c2ccc(Cl)cc2Cl)cs1. The number of aromatic nitrogens is 1. The number of carbonyl (C=O) groups is 1. The smallest absolute Gasteiger partial charge is 0.240 e. The van der Waals surface area contributed by atoms with Gasteiger partial charge in [-0.05, 0) is 35.9 Å². The lowest BCUT2D eigenvalue weighted by atomic mass is 10.2. The van der Waals surface area contributed by atoms with Crippen LogP contribution in [0.5, 0.6) is 0 Å². The van der Waals surface area contributed by atoms with Gasteiger partial charge in [-0.1, -0.05) is 52.5 Å². The minimum Gasteiger partial charge on any atom is -0.301 e. The van der Waals surface area contributed by atoms with Crippen molar-refractivity contribution in [1.29, 1.82) is 0 Å². The van der Waals surface area contributed by atoms with Crippen LogP contribution in [0.15, 0.2) is 41.8 Å². The van der Waals surface area contributed by atoms with E-state index in [0.29, 0.717) is 37.5 Å². The quantitative estimate of drug-likeness (QED) is 0.414. The highest BCUT2D eigenvalue weighted by Crippen LogP contribution is 2.32. The Morgan fingerprint density at radius 2 is 1.69 bits per heavy atom. The van der Waals surface area contributed by atoms with E-state index in [2.05, 4.69) is 20.1 Å². The van der Waals surface area contributed by atoms with Crippen LogP contribution >= 0.6 is 57.7 Å². The molecule has 0 atom stereocenters. The molecule has 1 amide bonds. The van der Waals surface area contributed by atoms with E-state index in [1.54, 1.807) is 12.1 Å². The fourth-order valence-corrected chi connectivity index (χ4v) is 5.07. The van der Waals surface area contributed by atoms with Gasteiger partial charge in [-0.25, -0.2) is 4.98 Å². The third-order valence-electron chi connectivity index (χ3n) is 5.18. The average Bonchev–Trinajstić information content (AvgIpc) is 3.20. The van der Waals surface area contributed by atoms with Crippen molar-refractivity contribution in [2.24, 2.45) is 0 Å². The van der Waals surface area contributed by atoms with Gasteiger partial charge in [-0.2, -0.15) is 0 Å². The summed E-state index contributed by atoms with van der Waals surface area (Å²) in [5.74, 6) is -0.0777. The molecule has 2 heterocycles. The Hall–Kier alpha value is -1.38. The van der Waals surface area contributed by atoms with Gasteiger partial charge in [0.15, 0.2) is 5.13 Å². The summed E-state index contributed by atoms with van der Waals surface area (Å²) in [6.45, 7) is 4.54. The predicted octanol–water partition coefficient (Wildman–Crippen LogP) is 6.18. The third kappa shape index (κ3) is 6.14. The van der Waals surface area contributed by atoms with Crippen molar-refractivity contribution < 1.29 is 4.79 Å². The summed E-state index contributed by atoms with van der Waals surface area (Å²) in [6.07, 6.45) is 0. The molecular weight excluding hydrogens is 510 g/mol. The van der Waals surface area contributed by atoms with E-state index in [0.717, 1.165) is 43.9 Å². The Bertz CT molecular complexity index is 1120. The van der Waals surface area contributed by atoms with Crippen LogP contribution in [0.4, 0.5) is 5.13 Å². The number of nitrogens with zero attached hydrogens (tertiary/aromatic N) is 3. The van der Waals surface area contributed by atoms with Gasteiger partial charge in [-0.15, -0.1) is 11.3 Å². The molecule has 1 aromatic heterocycles. The number of nitrogens with one attached hydrogen (secondary N) is 1. The number of benzene rings is 2. The van der Waals surface area contributed by atoms with Gasteiger partial charge in [0, 0.05) is 48.7 Å². The molecule has 1 fully saturated rings. The zero-order valence-electron chi connectivity index (χ0n) is 17.0. The number of thiazole rings is 1. The van der Waals surface area contributed by atoms with Gasteiger partial charge in [0.05, 0.1) is 27.3 Å². The first-order valence-corrected chi connectivity index (χ1v) is 12.4. The molecule has 32 heavy (non-hydrogen) atoms. The first-order valence-electron chi connectivity index (χ1n) is 9.97. The second-order valence-corrected chi connectivity index (χ2v) is 10.0. The number of hydrogen-bond acceptors (Lipinski definition) is 5. The molecule has 0 bridgehead atoms. The van der Waals surface area contributed by atoms with Crippen molar-refractivity contribution in [3.63, 3.8) is 0 Å². The fraction of sp³-hybridized carbons (Fsp3) is 0.273. The highest BCUT2D eigenvalue weighted by Gasteiger charge is 2.20. The average molecular weight is 530 g/mol. The highest BCUT2D eigenvalue weighted by molar-refractivity contribution is 7.14. The lowest BCUT2D eigenvalue weighted by Gasteiger charge is -2.34. The standard InChI is InChI=1S/C22H20Cl4N4OS/c23-15-2-3-16(18(25)10-15)20-13-32-22(27-20)28-21(31)12-30-7-5-29(6-8-30)11-14-1-4-17(24)19(26)9-14/h1-4,9-10,13H,5-8,11-12H2,(H,27,28,31). The van der Waals surface area contributed by atoms with Crippen LogP contribution in [0, 0.1) is 0 Å². The Kier molecular flexibility index (Phi) is 7.95. The number of hydrogen-bond donors (Lipinski definition) is 1. The summed E-state index contributed by atoms with van der Waals surface area (Å²) in [6, 6.07) is 11.0. The monoisotopic (exact) mass is 528 g/mol. The van der Waals surface area contributed by atoms with Crippen molar-refractivity contribution in [3.8, 4) is 11.3 Å². The minimum atomic E-state index is -0.0777. The van der Waals surface area contributed by atoms with Gasteiger partial charge in [0.2, 0.25) is 5.91 Å². The number of carbonyl (C=O) groups excluding carboxylic acids is 1. The topological polar surface area (TPSA) is 48.5 Å². The number of halogens is 4. The summed E-state index contributed by atoms with van der Waals surface area (Å²) in [5.41, 5.74) is 2.62. The number of piperazine rings is 1. The summed E-state index contributed by atoms with van der Waals surface area (Å²) in [7, 11) is 0. The molecular formula is C22H20Cl4N4OS. The maximum Gasteiger partial charge on any atom is 0.240 e. The summed E-state index contributed by atoms with van der Waals surface area (Å²) in [5, 5.41) is 7.54. The van der Waals surface area contributed by atoms with Crippen LogP contribution in [0.2, 0.25) is 20.1 Å². The normalized spacial score (nSPS) is 15.1. The van der Waals surface area contributed by atoms with Crippen molar-refractivity contribution >= 4 is 68.8 Å². The molecule has 5 nitrogen and oxygen atoms in total. The van der Waals surface area contributed by atoms with E-state index >= 15 is 0 Å². The van der Waals surface area contributed by atoms with Crippen molar-refractivity contribution in [2.45, 2.75) is 6.54 Å². The van der Waals surface area contributed by atoms with Crippen molar-refractivity contribution in [2.75, 3.05) is 38.0 Å². The molecule has 0 radical (unpaired) electrons. The van der Waals surface area contributed by atoms with Crippen LogP contribution in [0.3, 0.4) is 0 Å². The van der Waals surface area contributed by atoms with E-state index in [-0.39, 0.29) is 5.91 Å². The molecule has 1 saturated heterocycles. The van der Waals surface area contributed by atoms with Crippen LogP contribution in [0.25, 0.3) is 11.3 Å². The second kappa shape index (κ2) is 10.7. The fourth-order valence-electron chi connectivity index (χ4n) is 3.52. The molecule has 168 valence electrons. The molecule has 0 aliphatic carbocycles. The Morgan fingerprint density at radius 1 is 0.938 bits per heavy atom. The van der Waals surface area contributed by atoms with Gasteiger partial charge < -0.3 is 5.32 Å². The molecule has 3 aromatic rings. The lowest BCUT2D eigenvalue weighted by molar-refractivity contribution is -0.117. The van der Waals surface area contributed by atoms with E-state index in [9.17, 15) is 4.79 Å². The number of anilines is 1. The van der Waals surface area contributed by atoms with E-state index < -0.39 is 0 Å². The number of amides is 1. The molecule has 0 saturated carbocycles. The van der Waals surface area contributed by atoms with Crippen LogP contribution in [0.1, 0.15) is 5.56 Å². The van der Waals surface area contributed by atoms with Crippen molar-refractivity contribution in [3.05, 3.63) is 67.4 Å². The molecule has 2 aromatic carbocycles. The highest BCUT2D eigenvalue weighted by atomic mass is 35.5. The zero-order chi connectivity index (χ0) is 22.7. The van der Waals surface area contributed by atoms with E-state index in [1.807, 2.05) is 29.6 Å². The molecule has 4 rings (SSSR count). The van der Waals surface area contributed by atoms with E-state index in [4.69, 9.17) is 46.4 Å². The first kappa shape index (κ1) is 23.8. The first-order chi connectivity index (χ1) is 15.4. The molecule has 1 aliphatic heterocycles. The van der Waals surface area contributed by atoms with Gasteiger partial charge >= 0.3 is 0 Å². The molecule has 1 aliphatic rings. The van der Waals surface area contributed by atoms with E-state index in [1.165, 1.54) is 11.3 Å². The second-order valence-electron chi connectivity index (χ2n) is 7.51. The minimum absolute atomic E-state index is 0.0777. The molecule has 10 heteroatoms. The Labute approximate surface area is 210 Å². The summed E-state index contributed by atoms with van der Waals surface area (Å²) < 4.78 is 0. The third-order valence-corrected chi connectivity index (χ3v) is 7.22. The zero-order valence-corrected chi connectivity index (χ0v) is 20.8. The Morgan fingerprint density at radius 3 is 2.41 bits per heavy atom. The maximum atomic E-state index is 12.5. The summed E-state index contributed by atoms with van der Waals surface area (Å²) in [4.78, 5) is 21.5. The molecule has 1 N–H and O–H groups in total. The van der Waals surface area contributed by atoms with Crippen LogP contribution in [-0.2, 0) is 11.3 Å².